The molecule has 1 aliphatic heterocycles. The van der Waals surface area contributed by atoms with Gasteiger partial charge in [0.05, 0.1) is 6.04 Å². The van der Waals surface area contributed by atoms with Crippen LogP contribution in [0, 0.1) is 19.8 Å². The number of nitrogens with zero attached hydrogens (tertiary/aromatic N) is 1. The minimum atomic E-state index is 0.0764. The van der Waals surface area contributed by atoms with Gasteiger partial charge in [-0.05, 0) is 80.6 Å². The van der Waals surface area contributed by atoms with Gasteiger partial charge < -0.3 is 5.32 Å². The fourth-order valence-corrected chi connectivity index (χ4v) is 4.40. The third-order valence-corrected chi connectivity index (χ3v) is 6.61. The average molecular weight is 433 g/mol. The Morgan fingerprint density at radius 3 is 2.45 bits per heavy atom. The van der Waals surface area contributed by atoms with E-state index in [1.165, 1.54) is 16.7 Å². The van der Waals surface area contributed by atoms with Crippen LogP contribution in [0.3, 0.4) is 0 Å². The highest BCUT2D eigenvalue weighted by molar-refractivity contribution is 6.35. The fraction of sp³-hybridized carbons (Fsp3) is 0.458. The molecule has 0 unspecified atom stereocenters. The summed E-state index contributed by atoms with van der Waals surface area (Å²) in [6.45, 7) is 8.96. The molecule has 1 fully saturated rings. The molecular formula is C24H30Cl2N2O. The Kier molecular flexibility index (Phi) is 7.61. The average Bonchev–Trinajstić information content (AvgIpc) is 2.71. The molecule has 1 saturated heterocycles. The van der Waals surface area contributed by atoms with E-state index in [9.17, 15) is 4.79 Å². The van der Waals surface area contributed by atoms with Crippen molar-refractivity contribution in [2.24, 2.45) is 5.92 Å². The number of carbonyl (C=O) groups is 1. The Bertz CT molecular complexity index is 860. The number of aryl methyl sites for hydroxylation is 2. The molecular weight excluding hydrogens is 403 g/mol. The molecule has 0 aliphatic carbocycles. The van der Waals surface area contributed by atoms with E-state index in [0.717, 1.165) is 44.5 Å². The van der Waals surface area contributed by atoms with Crippen molar-refractivity contribution in [1.82, 2.24) is 10.2 Å². The lowest BCUT2D eigenvalue weighted by Gasteiger charge is -2.32. The second kappa shape index (κ2) is 9.97. The number of halogens is 2. The van der Waals surface area contributed by atoms with Gasteiger partial charge in [-0.25, -0.2) is 0 Å². The van der Waals surface area contributed by atoms with Crippen LogP contribution < -0.4 is 5.32 Å². The molecule has 1 aliphatic rings. The number of nitrogens with one attached hydrogen (secondary N) is 1. The summed E-state index contributed by atoms with van der Waals surface area (Å²) in [7, 11) is 0. The summed E-state index contributed by atoms with van der Waals surface area (Å²) >= 11 is 12.3. The van der Waals surface area contributed by atoms with Crippen LogP contribution in [0.1, 0.15) is 54.5 Å². The van der Waals surface area contributed by atoms with E-state index in [4.69, 9.17) is 23.2 Å². The van der Waals surface area contributed by atoms with Crippen molar-refractivity contribution in [3.63, 3.8) is 0 Å². The zero-order chi connectivity index (χ0) is 21.0. The fourth-order valence-electron chi connectivity index (χ4n) is 3.94. The van der Waals surface area contributed by atoms with Gasteiger partial charge in [-0.3, -0.25) is 9.69 Å². The van der Waals surface area contributed by atoms with Gasteiger partial charge in [0.25, 0.3) is 0 Å². The quantitative estimate of drug-likeness (QED) is 0.598. The first-order valence-corrected chi connectivity index (χ1v) is 11.2. The van der Waals surface area contributed by atoms with E-state index in [2.05, 4.69) is 49.2 Å². The van der Waals surface area contributed by atoms with Crippen LogP contribution in [0.15, 0.2) is 36.4 Å². The molecule has 5 heteroatoms. The van der Waals surface area contributed by atoms with Crippen LogP contribution >= 0.6 is 23.2 Å². The lowest BCUT2D eigenvalue weighted by molar-refractivity contribution is -0.127. The Labute approximate surface area is 184 Å². The van der Waals surface area contributed by atoms with Gasteiger partial charge in [-0.1, -0.05) is 54.4 Å². The van der Waals surface area contributed by atoms with Crippen molar-refractivity contribution in [2.75, 3.05) is 13.1 Å². The minimum Gasteiger partial charge on any atom is -0.349 e. The summed E-state index contributed by atoms with van der Waals surface area (Å²) in [5.41, 5.74) is 4.82. The monoisotopic (exact) mass is 432 g/mol. The largest absolute Gasteiger partial charge is 0.349 e. The highest BCUT2D eigenvalue weighted by Crippen LogP contribution is 2.26. The van der Waals surface area contributed by atoms with Crippen molar-refractivity contribution < 1.29 is 4.79 Å². The molecule has 3 nitrogen and oxygen atoms in total. The van der Waals surface area contributed by atoms with Gasteiger partial charge in [-0.15, -0.1) is 0 Å². The molecule has 1 heterocycles. The summed E-state index contributed by atoms with van der Waals surface area (Å²) in [4.78, 5) is 15.2. The normalized spacial score (nSPS) is 16.6. The molecule has 2 aromatic rings. The summed E-state index contributed by atoms with van der Waals surface area (Å²) in [6, 6.07) is 12.2. The Hall–Kier alpha value is -1.55. The van der Waals surface area contributed by atoms with E-state index in [1.54, 1.807) is 6.07 Å². The zero-order valence-corrected chi connectivity index (χ0v) is 19.0. The summed E-state index contributed by atoms with van der Waals surface area (Å²) < 4.78 is 0. The van der Waals surface area contributed by atoms with Crippen LogP contribution in [-0.4, -0.2) is 23.9 Å². The number of hydrogen-bond acceptors (Lipinski definition) is 2. The van der Waals surface area contributed by atoms with Crippen LogP contribution in [0.4, 0.5) is 0 Å². The van der Waals surface area contributed by atoms with Crippen LogP contribution in [0.2, 0.25) is 10.0 Å². The number of piperidine rings is 1. The molecule has 0 bridgehead atoms. The molecule has 0 radical (unpaired) electrons. The molecule has 2 aromatic carbocycles. The zero-order valence-electron chi connectivity index (χ0n) is 17.5. The molecule has 1 atom stereocenters. The lowest BCUT2D eigenvalue weighted by atomic mass is 9.94. The molecule has 0 saturated carbocycles. The maximum atomic E-state index is 12.9. The lowest BCUT2D eigenvalue weighted by Crippen LogP contribution is -2.41. The number of hydrogen-bond donors (Lipinski definition) is 1. The Morgan fingerprint density at radius 1 is 1.10 bits per heavy atom. The van der Waals surface area contributed by atoms with Gasteiger partial charge in [0, 0.05) is 22.5 Å². The smallest absolute Gasteiger partial charge is 0.223 e. The molecule has 3 rings (SSSR count). The minimum absolute atomic E-state index is 0.0764. The second-order valence-corrected chi connectivity index (χ2v) is 8.94. The number of amides is 1. The first-order chi connectivity index (χ1) is 13.9. The highest BCUT2D eigenvalue weighted by atomic mass is 35.5. The first kappa shape index (κ1) is 22.1. The third-order valence-electron chi connectivity index (χ3n) is 6.03. The van der Waals surface area contributed by atoms with Crippen molar-refractivity contribution in [3.8, 4) is 0 Å². The van der Waals surface area contributed by atoms with Crippen molar-refractivity contribution in [1.29, 1.82) is 0 Å². The standard InChI is InChI=1S/C24H30Cl2N2O/c1-4-23(19-6-5-16(2)17(3)13-19)27-24(29)18-9-11-28(12-10-18)15-20-7-8-21(25)14-22(20)26/h5-8,13-14,18,23H,4,9-12,15H2,1-3H3,(H,27,29)/t23-/m1/s1. The van der Waals surface area contributed by atoms with E-state index < -0.39 is 0 Å². The summed E-state index contributed by atoms with van der Waals surface area (Å²) in [6.07, 6.45) is 2.64. The molecule has 1 amide bonds. The molecule has 156 valence electrons. The molecule has 0 aromatic heterocycles. The highest BCUT2D eigenvalue weighted by Gasteiger charge is 2.27. The maximum Gasteiger partial charge on any atom is 0.223 e. The molecule has 29 heavy (non-hydrogen) atoms. The number of benzene rings is 2. The summed E-state index contributed by atoms with van der Waals surface area (Å²) in [5.74, 6) is 0.256. The maximum absolute atomic E-state index is 12.9. The number of rotatable bonds is 6. The van der Waals surface area contributed by atoms with E-state index in [0.29, 0.717) is 10.0 Å². The van der Waals surface area contributed by atoms with Gasteiger partial charge in [0.2, 0.25) is 5.91 Å². The van der Waals surface area contributed by atoms with E-state index >= 15 is 0 Å². The molecule has 0 spiro atoms. The van der Waals surface area contributed by atoms with Crippen LogP contribution in [0.25, 0.3) is 0 Å². The van der Waals surface area contributed by atoms with Gasteiger partial charge in [0.15, 0.2) is 0 Å². The van der Waals surface area contributed by atoms with Gasteiger partial charge in [0.1, 0.15) is 0 Å². The van der Waals surface area contributed by atoms with E-state index in [-0.39, 0.29) is 17.9 Å². The summed E-state index contributed by atoms with van der Waals surface area (Å²) in [5, 5.41) is 4.65. The Morgan fingerprint density at radius 2 is 1.83 bits per heavy atom. The van der Waals surface area contributed by atoms with Crippen molar-refractivity contribution in [2.45, 2.75) is 52.6 Å². The third kappa shape index (κ3) is 5.75. The van der Waals surface area contributed by atoms with Crippen molar-refractivity contribution >= 4 is 29.1 Å². The Balaban J connectivity index is 1.54. The molecule has 1 N–H and O–H groups in total. The van der Waals surface area contributed by atoms with Gasteiger partial charge in [-0.2, -0.15) is 0 Å². The predicted molar refractivity (Wildman–Crippen MR) is 122 cm³/mol. The number of likely N-dealkylation sites (tertiary alicyclic amines) is 1. The van der Waals surface area contributed by atoms with Gasteiger partial charge >= 0.3 is 0 Å². The number of carbonyl (C=O) groups excluding carboxylic acids is 1. The van der Waals surface area contributed by atoms with E-state index in [1.807, 2.05) is 12.1 Å². The predicted octanol–water partition coefficient (Wildman–Crippen LogP) is 6.09. The van der Waals surface area contributed by atoms with Crippen LogP contribution in [0.5, 0.6) is 0 Å². The SMILES string of the molecule is CC[C@@H](NC(=O)C1CCN(Cc2ccc(Cl)cc2Cl)CC1)c1ccc(C)c(C)c1. The van der Waals surface area contributed by atoms with Crippen molar-refractivity contribution in [3.05, 3.63) is 68.7 Å². The topological polar surface area (TPSA) is 32.3 Å². The van der Waals surface area contributed by atoms with Crippen LogP contribution in [-0.2, 0) is 11.3 Å². The first-order valence-electron chi connectivity index (χ1n) is 10.4. The second-order valence-electron chi connectivity index (χ2n) is 8.10.